The second kappa shape index (κ2) is 11.5. The van der Waals surface area contributed by atoms with Crippen LogP contribution in [-0.4, -0.2) is 0 Å². The van der Waals surface area contributed by atoms with Gasteiger partial charge in [-0.15, -0.1) is 6.58 Å². The largest absolute Gasteiger partial charge is 0.103 e. The van der Waals surface area contributed by atoms with Gasteiger partial charge in [-0.1, -0.05) is 42.2 Å². The summed E-state index contributed by atoms with van der Waals surface area (Å²) in [7, 11) is 0. The molecule has 0 aliphatic heterocycles. The first-order valence-electron chi connectivity index (χ1n) is 4.96. The SMILES string of the molecule is C=CCCCC=CC=CC#CC=CC. The van der Waals surface area contributed by atoms with E-state index < -0.39 is 0 Å². The van der Waals surface area contributed by atoms with E-state index in [-0.39, 0.29) is 0 Å². The Morgan fingerprint density at radius 2 is 1.86 bits per heavy atom. The van der Waals surface area contributed by atoms with Crippen LogP contribution in [0.1, 0.15) is 26.2 Å². The highest BCUT2D eigenvalue weighted by molar-refractivity contribution is 5.25. The van der Waals surface area contributed by atoms with E-state index in [1.54, 1.807) is 0 Å². The van der Waals surface area contributed by atoms with Crippen molar-refractivity contribution in [2.45, 2.75) is 26.2 Å². The third kappa shape index (κ3) is 10.5. The number of hydrogen-bond acceptors (Lipinski definition) is 0. The third-order valence-electron chi connectivity index (χ3n) is 1.54. The molecular formula is C14H18. The normalized spacial score (nSPS) is 10.9. The molecule has 0 aromatic heterocycles. The van der Waals surface area contributed by atoms with Crippen LogP contribution in [-0.2, 0) is 0 Å². The summed E-state index contributed by atoms with van der Waals surface area (Å²) >= 11 is 0. The van der Waals surface area contributed by atoms with Crippen molar-refractivity contribution in [3.8, 4) is 11.8 Å². The summed E-state index contributed by atoms with van der Waals surface area (Å²) in [6.07, 6.45) is 17.1. The molecule has 0 nitrogen and oxygen atoms in total. The van der Waals surface area contributed by atoms with E-state index in [2.05, 4.69) is 24.5 Å². The Hall–Kier alpha value is -1.48. The van der Waals surface area contributed by atoms with Crippen LogP contribution in [0.2, 0.25) is 0 Å². The van der Waals surface area contributed by atoms with Crippen LogP contribution in [0.25, 0.3) is 0 Å². The van der Waals surface area contributed by atoms with Crippen molar-refractivity contribution in [1.29, 1.82) is 0 Å². The lowest BCUT2D eigenvalue weighted by molar-refractivity contribution is 0.870. The summed E-state index contributed by atoms with van der Waals surface area (Å²) in [6.45, 7) is 5.63. The van der Waals surface area contributed by atoms with Gasteiger partial charge in [0.2, 0.25) is 0 Å². The molecular weight excluding hydrogens is 168 g/mol. The van der Waals surface area contributed by atoms with Gasteiger partial charge in [-0.2, -0.15) is 0 Å². The summed E-state index contributed by atoms with van der Waals surface area (Å²) in [5.41, 5.74) is 0. The van der Waals surface area contributed by atoms with Gasteiger partial charge in [-0.25, -0.2) is 0 Å². The van der Waals surface area contributed by atoms with Gasteiger partial charge in [0.25, 0.3) is 0 Å². The van der Waals surface area contributed by atoms with Crippen LogP contribution in [0.3, 0.4) is 0 Å². The summed E-state index contributed by atoms with van der Waals surface area (Å²) in [4.78, 5) is 0. The van der Waals surface area contributed by atoms with E-state index in [4.69, 9.17) is 0 Å². The fourth-order valence-electron chi connectivity index (χ4n) is 0.838. The minimum atomic E-state index is 1.09. The summed E-state index contributed by atoms with van der Waals surface area (Å²) in [6, 6.07) is 0. The Kier molecular flexibility index (Phi) is 10.3. The van der Waals surface area contributed by atoms with E-state index in [0.717, 1.165) is 12.8 Å². The van der Waals surface area contributed by atoms with Crippen LogP contribution in [0.4, 0.5) is 0 Å². The second-order valence-corrected chi connectivity index (χ2v) is 2.80. The topological polar surface area (TPSA) is 0 Å². The molecule has 0 aliphatic carbocycles. The fourth-order valence-corrected chi connectivity index (χ4v) is 0.838. The van der Waals surface area contributed by atoms with Gasteiger partial charge in [0.1, 0.15) is 0 Å². The maximum Gasteiger partial charge on any atom is -0.0115 e. The molecule has 0 radical (unpaired) electrons. The van der Waals surface area contributed by atoms with E-state index >= 15 is 0 Å². The maximum absolute atomic E-state index is 3.67. The Morgan fingerprint density at radius 1 is 1.07 bits per heavy atom. The van der Waals surface area contributed by atoms with E-state index in [1.807, 2.05) is 43.4 Å². The van der Waals surface area contributed by atoms with Crippen molar-refractivity contribution in [1.82, 2.24) is 0 Å². The monoisotopic (exact) mass is 186 g/mol. The van der Waals surface area contributed by atoms with Gasteiger partial charge in [-0.05, 0) is 38.3 Å². The van der Waals surface area contributed by atoms with Gasteiger partial charge in [0.15, 0.2) is 0 Å². The van der Waals surface area contributed by atoms with Gasteiger partial charge >= 0.3 is 0 Å². The lowest BCUT2D eigenvalue weighted by atomic mass is 10.2. The van der Waals surface area contributed by atoms with Crippen molar-refractivity contribution >= 4 is 0 Å². The molecule has 74 valence electrons. The molecule has 0 bridgehead atoms. The number of unbranched alkanes of at least 4 members (excludes halogenated alkanes) is 2. The highest BCUT2D eigenvalue weighted by atomic mass is 13.8. The molecule has 0 fully saturated rings. The van der Waals surface area contributed by atoms with Crippen molar-refractivity contribution in [2.24, 2.45) is 0 Å². The fraction of sp³-hybridized carbons (Fsp3) is 0.286. The molecule has 0 atom stereocenters. The first-order chi connectivity index (χ1) is 6.91. The molecule has 0 amide bonds. The standard InChI is InChI=1S/C14H18/c1-3-5-7-9-11-13-14-12-10-8-6-4-2/h3-4,6,11-14H,1,5,7,9H2,2H3. The van der Waals surface area contributed by atoms with E-state index in [9.17, 15) is 0 Å². The van der Waals surface area contributed by atoms with Crippen molar-refractivity contribution in [2.75, 3.05) is 0 Å². The third-order valence-corrected chi connectivity index (χ3v) is 1.54. The lowest BCUT2D eigenvalue weighted by Gasteiger charge is -1.86. The Morgan fingerprint density at radius 3 is 2.57 bits per heavy atom. The van der Waals surface area contributed by atoms with Gasteiger partial charge in [0.05, 0.1) is 0 Å². The molecule has 0 saturated carbocycles. The Bertz CT molecular complexity index is 266. The highest BCUT2D eigenvalue weighted by Crippen LogP contribution is 1.96. The van der Waals surface area contributed by atoms with Crippen LogP contribution >= 0.6 is 0 Å². The quantitative estimate of drug-likeness (QED) is 0.263. The summed E-state index contributed by atoms with van der Waals surface area (Å²) in [5, 5.41) is 0. The molecule has 0 rings (SSSR count). The zero-order valence-corrected chi connectivity index (χ0v) is 8.87. The van der Waals surface area contributed by atoms with Crippen molar-refractivity contribution < 1.29 is 0 Å². The second-order valence-electron chi connectivity index (χ2n) is 2.80. The molecule has 0 unspecified atom stereocenters. The summed E-state index contributed by atoms with van der Waals surface area (Å²) < 4.78 is 0. The zero-order chi connectivity index (χ0) is 10.5. The first-order valence-corrected chi connectivity index (χ1v) is 4.96. The first kappa shape index (κ1) is 12.5. The minimum Gasteiger partial charge on any atom is -0.103 e. The van der Waals surface area contributed by atoms with Crippen LogP contribution in [0.15, 0.2) is 49.1 Å². The van der Waals surface area contributed by atoms with Crippen LogP contribution in [0, 0.1) is 11.8 Å². The molecule has 0 heteroatoms. The molecule has 0 N–H and O–H groups in total. The number of allylic oxidation sites excluding steroid dienone is 7. The van der Waals surface area contributed by atoms with Crippen LogP contribution in [0.5, 0.6) is 0 Å². The van der Waals surface area contributed by atoms with Gasteiger partial charge < -0.3 is 0 Å². The average molecular weight is 186 g/mol. The lowest BCUT2D eigenvalue weighted by Crippen LogP contribution is -1.66. The predicted octanol–water partition coefficient (Wildman–Crippen LogP) is 4.03. The van der Waals surface area contributed by atoms with Gasteiger partial charge in [0, 0.05) is 0 Å². The van der Waals surface area contributed by atoms with Crippen molar-refractivity contribution in [3.05, 3.63) is 49.1 Å². The summed E-state index contributed by atoms with van der Waals surface area (Å²) in [5.74, 6) is 5.79. The molecule has 0 saturated heterocycles. The Balaban J connectivity index is 3.51. The van der Waals surface area contributed by atoms with Gasteiger partial charge in [-0.3, -0.25) is 0 Å². The molecule has 0 aromatic carbocycles. The number of rotatable bonds is 5. The predicted molar refractivity (Wildman–Crippen MR) is 64.9 cm³/mol. The molecule has 0 aromatic rings. The highest BCUT2D eigenvalue weighted by Gasteiger charge is 1.76. The zero-order valence-electron chi connectivity index (χ0n) is 8.87. The molecule has 0 spiro atoms. The number of hydrogen-bond donors (Lipinski definition) is 0. The average Bonchev–Trinajstić information content (AvgIpc) is 2.21. The molecule has 14 heavy (non-hydrogen) atoms. The maximum atomic E-state index is 3.67. The minimum absolute atomic E-state index is 1.09. The van der Waals surface area contributed by atoms with E-state index in [1.165, 1.54) is 6.42 Å². The Labute approximate surface area is 87.7 Å². The molecule has 0 aliphatic rings. The van der Waals surface area contributed by atoms with Crippen molar-refractivity contribution in [3.63, 3.8) is 0 Å². The van der Waals surface area contributed by atoms with E-state index in [0.29, 0.717) is 0 Å². The smallest absolute Gasteiger partial charge is 0.0115 e. The molecule has 0 heterocycles. The van der Waals surface area contributed by atoms with Crippen LogP contribution < -0.4 is 0 Å².